The number of hydrogen-bond acceptors (Lipinski definition) is 7. The van der Waals surface area contributed by atoms with Crippen LogP contribution in [0.3, 0.4) is 0 Å². The van der Waals surface area contributed by atoms with Crippen molar-refractivity contribution >= 4 is 15.9 Å². The zero-order valence-electron chi connectivity index (χ0n) is 14.6. The molecular weight excluding hydrogens is 374 g/mol. The van der Waals surface area contributed by atoms with Gasteiger partial charge in [0.15, 0.2) is 6.61 Å². The molecule has 0 saturated carbocycles. The number of sulfonamides is 1. The fourth-order valence-electron chi connectivity index (χ4n) is 1.98. The second-order valence-corrected chi connectivity index (χ2v) is 6.75. The fourth-order valence-corrected chi connectivity index (χ4v) is 3.03. The number of nitrogens with one attached hydrogen (secondary N) is 2. The molecule has 9 nitrogen and oxygen atoms in total. The zero-order valence-corrected chi connectivity index (χ0v) is 15.4. The van der Waals surface area contributed by atoms with Gasteiger partial charge in [0.25, 0.3) is 15.9 Å². The van der Waals surface area contributed by atoms with Crippen molar-refractivity contribution in [1.82, 2.24) is 10.3 Å². The molecule has 2 N–H and O–H groups in total. The van der Waals surface area contributed by atoms with E-state index in [1.807, 2.05) is 10.9 Å². The van der Waals surface area contributed by atoms with Crippen LogP contribution in [0, 0.1) is 11.3 Å². The van der Waals surface area contributed by atoms with Crippen LogP contribution in [0.4, 0.5) is 0 Å². The molecule has 0 atom stereocenters. The predicted molar refractivity (Wildman–Crippen MR) is 94.7 cm³/mol. The highest BCUT2D eigenvalue weighted by Gasteiger charge is 2.21. The van der Waals surface area contributed by atoms with E-state index in [1.165, 1.54) is 50.6 Å². The Morgan fingerprint density at radius 2 is 1.74 bits per heavy atom. The molecule has 0 heterocycles. The second-order valence-electron chi connectivity index (χ2n) is 5.10. The summed E-state index contributed by atoms with van der Waals surface area (Å²) in [5, 5.41) is 8.72. The summed E-state index contributed by atoms with van der Waals surface area (Å²) in [5.41, 5.74) is 2.50. The molecule has 0 unspecified atom stereocenters. The van der Waals surface area contributed by atoms with Gasteiger partial charge in [0.1, 0.15) is 22.1 Å². The maximum absolute atomic E-state index is 12.4. The van der Waals surface area contributed by atoms with Crippen molar-refractivity contribution in [1.29, 1.82) is 5.26 Å². The Hall–Kier alpha value is -3.29. The number of nitriles is 1. The standard InChI is InChI=1S/C17H17N3O6S/c1-24-14-7-8-15(25-2)16(9-14)27(22,23)20-19-17(21)11-26-13-5-3-12(10-18)4-6-13/h3-9,20H,11H2,1-2H3,(H,19,21). The third-order valence-corrected chi connectivity index (χ3v) is 4.61. The third kappa shape index (κ3) is 5.34. The lowest BCUT2D eigenvalue weighted by Crippen LogP contribution is -2.43. The molecule has 0 aliphatic rings. The van der Waals surface area contributed by atoms with Crippen molar-refractivity contribution in [2.45, 2.75) is 4.90 Å². The zero-order chi connectivity index (χ0) is 19.9. The number of benzene rings is 2. The van der Waals surface area contributed by atoms with Crippen LogP contribution in [0.2, 0.25) is 0 Å². The van der Waals surface area contributed by atoms with Gasteiger partial charge in [-0.2, -0.15) is 5.26 Å². The molecule has 0 bridgehead atoms. The topological polar surface area (TPSA) is 127 Å². The number of hydrogen-bond donors (Lipinski definition) is 2. The van der Waals surface area contributed by atoms with Gasteiger partial charge in [-0.3, -0.25) is 10.2 Å². The van der Waals surface area contributed by atoms with Crippen LogP contribution in [0.25, 0.3) is 0 Å². The summed E-state index contributed by atoms with van der Waals surface area (Å²) in [6.07, 6.45) is 0. The van der Waals surface area contributed by atoms with E-state index in [9.17, 15) is 13.2 Å². The van der Waals surface area contributed by atoms with Crippen LogP contribution in [-0.4, -0.2) is 35.2 Å². The molecular formula is C17H17N3O6S. The molecule has 10 heteroatoms. The summed E-state index contributed by atoms with van der Waals surface area (Å²) in [4.78, 5) is 13.6. The molecule has 0 radical (unpaired) electrons. The summed E-state index contributed by atoms with van der Waals surface area (Å²) in [6, 6.07) is 12.3. The number of carbonyl (C=O) groups is 1. The van der Waals surface area contributed by atoms with E-state index < -0.39 is 22.5 Å². The molecule has 27 heavy (non-hydrogen) atoms. The third-order valence-electron chi connectivity index (χ3n) is 3.34. The highest BCUT2D eigenvalue weighted by Crippen LogP contribution is 2.27. The van der Waals surface area contributed by atoms with E-state index in [4.69, 9.17) is 19.5 Å². The van der Waals surface area contributed by atoms with Crippen molar-refractivity contribution in [2.75, 3.05) is 20.8 Å². The molecule has 1 amide bonds. The largest absolute Gasteiger partial charge is 0.497 e. The second kappa shape index (κ2) is 8.88. The minimum Gasteiger partial charge on any atom is -0.497 e. The average molecular weight is 391 g/mol. The molecule has 0 aliphatic carbocycles. The Kier molecular flexibility index (Phi) is 6.59. The van der Waals surface area contributed by atoms with Crippen LogP contribution in [0.15, 0.2) is 47.4 Å². The number of hydrazine groups is 1. The number of nitrogens with zero attached hydrogens (tertiary/aromatic N) is 1. The summed E-state index contributed by atoms with van der Waals surface area (Å²) in [7, 11) is -1.38. The Bertz CT molecular complexity index is 952. The summed E-state index contributed by atoms with van der Waals surface area (Å²) in [6.45, 7) is -0.427. The Morgan fingerprint density at radius 1 is 1.07 bits per heavy atom. The Labute approximate surface area is 156 Å². The van der Waals surface area contributed by atoms with E-state index in [0.29, 0.717) is 17.1 Å². The molecule has 0 aliphatic heterocycles. The predicted octanol–water partition coefficient (Wildman–Crippen LogP) is 0.964. The number of methoxy groups -OCH3 is 2. The monoisotopic (exact) mass is 391 g/mol. The first-order valence-electron chi connectivity index (χ1n) is 7.55. The highest BCUT2D eigenvalue weighted by atomic mass is 32.2. The van der Waals surface area contributed by atoms with E-state index in [0.717, 1.165) is 0 Å². The van der Waals surface area contributed by atoms with E-state index >= 15 is 0 Å². The van der Waals surface area contributed by atoms with Gasteiger partial charge in [-0.05, 0) is 36.4 Å². The average Bonchev–Trinajstić information content (AvgIpc) is 2.70. The molecule has 2 aromatic rings. The highest BCUT2D eigenvalue weighted by molar-refractivity contribution is 7.89. The SMILES string of the molecule is COc1ccc(OC)c(S(=O)(=O)NNC(=O)COc2ccc(C#N)cc2)c1. The first kappa shape index (κ1) is 20.0. The van der Waals surface area contributed by atoms with Crippen molar-refractivity contribution in [3.05, 3.63) is 48.0 Å². The lowest BCUT2D eigenvalue weighted by molar-refractivity contribution is -0.123. The number of ether oxygens (including phenoxy) is 3. The molecule has 0 spiro atoms. The van der Waals surface area contributed by atoms with Crippen molar-refractivity contribution in [3.63, 3.8) is 0 Å². The Balaban J connectivity index is 1.98. The first-order chi connectivity index (χ1) is 12.9. The van der Waals surface area contributed by atoms with Gasteiger partial charge < -0.3 is 14.2 Å². The maximum Gasteiger partial charge on any atom is 0.272 e. The van der Waals surface area contributed by atoms with Gasteiger partial charge >= 0.3 is 0 Å². The quantitative estimate of drug-likeness (QED) is 0.642. The minimum absolute atomic E-state index is 0.0892. The molecule has 142 valence electrons. The van der Waals surface area contributed by atoms with E-state index in [-0.39, 0.29) is 10.6 Å². The van der Waals surface area contributed by atoms with Crippen LogP contribution < -0.4 is 24.5 Å². The lowest BCUT2D eigenvalue weighted by Gasteiger charge is -2.13. The van der Waals surface area contributed by atoms with Gasteiger partial charge in [0, 0.05) is 6.07 Å². The van der Waals surface area contributed by atoms with Crippen LogP contribution in [0.1, 0.15) is 5.56 Å². The molecule has 0 fully saturated rings. The molecule has 0 saturated heterocycles. The maximum atomic E-state index is 12.4. The number of rotatable bonds is 8. The molecule has 2 aromatic carbocycles. The summed E-state index contributed by atoms with van der Waals surface area (Å²) in [5.74, 6) is 0.0457. The normalized spacial score (nSPS) is 10.6. The number of amides is 1. The van der Waals surface area contributed by atoms with Gasteiger partial charge in [-0.25, -0.2) is 8.42 Å². The summed E-state index contributed by atoms with van der Waals surface area (Å²) >= 11 is 0. The smallest absolute Gasteiger partial charge is 0.272 e. The minimum atomic E-state index is -4.10. The molecule has 2 rings (SSSR count). The molecule has 0 aromatic heterocycles. The fraction of sp³-hybridized carbons (Fsp3) is 0.176. The van der Waals surface area contributed by atoms with Crippen LogP contribution in [0.5, 0.6) is 17.2 Å². The lowest BCUT2D eigenvalue weighted by atomic mass is 10.2. The first-order valence-corrected chi connectivity index (χ1v) is 9.03. The van der Waals surface area contributed by atoms with Gasteiger partial charge in [0.05, 0.1) is 25.9 Å². The summed E-state index contributed by atoms with van der Waals surface area (Å²) < 4.78 is 40.0. The van der Waals surface area contributed by atoms with Crippen molar-refractivity contribution < 1.29 is 27.4 Å². The van der Waals surface area contributed by atoms with Gasteiger partial charge in [-0.1, -0.05) is 0 Å². The van der Waals surface area contributed by atoms with E-state index in [2.05, 4.69) is 5.43 Å². The van der Waals surface area contributed by atoms with Gasteiger partial charge in [0.2, 0.25) is 0 Å². The van der Waals surface area contributed by atoms with Crippen molar-refractivity contribution in [3.8, 4) is 23.3 Å². The Morgan fingerprint density at radius 3 is 2.33 bits per heavy atom. The number of carbonyl (C=O) groups excluding carboxylic acids is 1. The van der Waals surface area contributed by atoms with Crippen LogP contribution >= 0.6 is 0 Å². The van der Waals surface area contributed by atoms with Crippen molar-refractivity contribution in [2.24, 2.45) is 0 Å². The van der Waals surface area contributed by atoms with Crippen LogP contribution in [-0.2, 0) is 14.8 Å². The van der Waals surface area contributed by atoms with Gasteiger partial charge in [-0.15, -0.1) is 4.83 Å². The van der Waals surface area contributed by atoms with E-state index in [1.54, 1.807) is 6.07 Å².